The third kappa shape index (κ3) is 6.74. The van der Waals surface area contributed by atoms with E-state index >= 15 is 0 Å². The fourth-order valence-electron chi connectivity index (χ4n) is 2.95. The van der Waals surface area contributed by atoms with Crippen molar-refractivity contribution in [1.29, 1.82) is 0 Å². The number of halogens is 1. The van der Waals surface area contributed by atoms with Crippen LogP contribution in [-0.2, 0) is 33.3 Å². The molecule has 1 saturated heterocycles. The van der Waals surface area contributed by atoms with Crippen LogP contribution in [0.5, 0.6) is 5.75 Å². The van der Waals surface area contributed by atoms with Gasteiger partial charge in [-0.25, -0.2) is 0 Å². The van der Waals surface area contributed by atoms with E-state index in [1.807, 2.05) is 0 Å². The van der Waals surface area contributed by atoms with Gasteiger partial charge in [-0.1, -0.05) is 22.8 Å². The Labute approximate surface area is 183 Å². The molecule has 1 heterocycles. The van der Waals surface area contributed by atoms with Crippen molar-refractivity contribution >= 4 is 29.5 Å². The maximum Gasteiger partial charge on any atom is 0.303 e. The highest BCUT2D eigenvalue weighted by Gasteiger charge is 2.51. The summed E-state index contributed by atoms with van der Waals surface area (Å²) >= 11 is 6.14. The van der Waals surface area contributed by atoms with Crippen molar-refractivity contribution in [1.82, 2.24) is 0 Å². The minimum Gasteiger partial charge on any atom is -0.463 e. The largest absolute Gasteiger partial charge is 0.463 e. The lowest BCUT2D eigenvalue weighted by atomic mass is 9.96. The molecule has 0 saturated carbocycles. The maximum absolute atomic E-state index is 11.7. The van der Waals surface area contributed by atoms with E-state index in [2.05, 4.69) is 10.0 Å². The Kier molecular flexibility index (Phi) is 8.49. The molecule has 5 atom stereocenters. The summed E-state index contributed by atoms with van der Waals surface area (Å²) in [5, 5.41) is 4.08. The van der Waals surface area contributed by atoms with Crippen LogP contribution in [0.2, 0.25) is 5.02 Å². The summed E-state index contributed by atoms with van der Waals surface area (Å²) < 4.78 is 27.2. The van der Waals surface area contributed by atoms with Gasteiger partial charge in [0.05, 0.1) is 0 Å². The molecule has 1 aromatic rings. The monoisotopic (exact) mass is 455 g/mol. The van der Waals surface area contributed by atoms with Gasteiger partial charge in [0.25, 0.3) is 0 Å². The number of rotatable bonds is 7. The Balaban J connectivity index is 2.44. The number of nitrogens with zero attached hydrogens (tertiary/aromatic N) is 3. The Morgan fingerprint density at radius 1 is 1.13 bits per heavy atom. The van der Waals surface area contributed by atoms with Crippen molar-refractivity contribution in [2.45, 2.75) is 58.3 Å². The third-order valence-electron chi connectivity index (χ3n) is 4.25. The second-order valence-corrected chi connectivity index (χ2v) is 7.13. The quantitative estimate of drug-likeness (QED) is 0.200. The van der Waals surface area contributed by atoms with Crippen LogP contribution in [-0.4, -0.2) is 55.2 Å². The summed E-state index contributed by atoms with van der Waals surface area (Å²) in [7, 11) is 0. The lowest BCUT2D eigenvalue weighted by molar-refractivity contribution is -0.259. The zero-order chi connectivity index (χ0) is 23.1. The normalized spacial score (nSPS) is 25.0. The molecule has 1 aliphatic heterocycles. The average Bonchev–Trinajstić information content (AvgIpc) is 2.67. The molecule has 0 aromatic heterocycles. The number of carbonyl (C=O) groups excluding carboxylic acids is 3. The molecule has 0 aliphatic carbocycles. The molecule has 2 rings (SSSR count). The highest BCUT2D eigenvalue weighted by molar-refractivity contribution is 6.31. The van der Waals surface area contributed by atoms with Crippen LogP contribution in [0.15, 0.2) is 23.3 Å². The van der Waals surface area contributed by atoms with Gasteiger partial charge in [0.15, 0.2) is 6.10 Å². The SMILES string of the molecule is CC(=O)OCC1O[C@H](Oc2ccc(C)c(Cl)c2)C(OC(C)=O)[C@@H](N=[N+]=[N-])[C@H]1OC(C)=O. The smallest absolute Gasteiger partial charge is 0.303 e. The fourth-order valence-corrected chi connectivity index (χ4v) is 3.12. The Morgan fingerprint density at radius 2 is 1.77 bits per heavy atom. The predicted octanol–water partition coefficient (Wildman–Crippen LogP) is 2.86. The number of aryl methyl sites for hydroxylation is 1. The molecule has 0 radical (unpaired) electrons. The van der Waals surface area contributed by atoms with Crippen molar-refractivity contribution in [3.8, 4) is 5.75 Å². The summed E-state index contributed by atoms with van der Waals surface area (Å²) in [6, 6.07) is 3.65. The number of ether oxygens (including phenoxy) is 5. The average molecular weight is 456 g/mol. The topological polar surface area (TPSA) is 146 Å². The molecule has 0 bridgehead atoms. The summed E-state index contributed by atoms with van der Waals surface area (Å²) in [6.07, 6.45) is -4.84. The highest BCUT2D eigenvalue weighted by Crippen LogP contribution is 2.32. The molecule has 1 aliphatic rings. The standard InChI is InChI=1S/C19H22ClN3O8/c1-9-5-6-13(7-14(9)20)30-19-18(29-12(4)26)16(22-23-21)17(28-11(3)25)15(31-19)8-27-10(2)24/h5-7,15-19H,8H2,1-4H3/t15?,16-,17-,18?,19-/m0/s1. The molecule has 0 N–H and O–H groups in total. The molecular formula is C19H22ClN3O8. The second-order valence-electron chi connectivity index (χ2n) is 6.72. The number of hydrogen-bond acceptors (Lipinski definition) is 9. The highest BCUT2D eigenvalue weighted by atomic mass is 35.5. The Hall–Kier alpha value is -3.01. The minimum absolute atomic E-state index is 0.287. The van der Waals surface area contributed by atoms with Gasteiger partial charge in [0, 0.05) is 30.7 Å². The first-order valence-corrected chi connectivity index (χ1v) is 9.60. The summed E-state index contributed by atoms with van der Waals surface area (Å²) in [5.41, 5.74) is 9.87. The van der Waals surface area contributed by atoms with Crippen molar-refractivity contribution < 1.29 is 38.1 Å². The summed E-state index contributed by atoms with van der Waals surface area (Å²) in [5.74, 6) is -1.72. The fraction of sp³-hybridized carbons (Fsp3) is 0.526. The summed E-state index contributed by atoms with van der Waals surface area (Å²) in [6.45, 7) is 4.97. The van der Waals surface area contributed by atoms with E-state index in [0.717, 1.165) is 19.4 Å². The zero-order valence-corrected chi connectivity index (χ0v) is 18.1. The van der Waals surface area contributed by atoms with Crippen molar-refractivity contribution in [2.24, 2.45) is 5.11 Å². The van der Waals surface area contributed by atoms with Gasteiger partial charge in [-0.2, -0.15) is 0 Å². The van der Waals surface area contributed by atoms with Crippen molar-refractivity contribution in [3.63, 3.8) is 0 Å². The van der Waals surface area contributed by atoms with Gasteiger partial charge in [-0.3, -0.25) is 14.4 Å². The molecule has 1 aromatic carbocycles. The molecule has 168 valence electrons. The summed E-state index contributed by atoms with van der Waals surface area (Å²) in [4.78, 5) is 37.4. The Bertz CT molecular complexity index is 889. The lowest BCUT2D eigenvalue weighted by Crippen LogP contribution is -2.61. The molecule has 0 spiro atoms. The zero-order valence-electron chi connectivity index (χ0n) is 17.3. The van der Waals surface area contributed by atoms with Crippen LogP contribution in [0.25, 0.3) is 10.4 Å². The van der Waals surface area contributed by atoms with Crippen LogP contribution >= 0.6 is 11.6 Å². The van der Waals surface area contributed by atoms with E-state index in [0.29, 0.717) is 5.02 Å². The number of azide groups is 1. The van der Waals surface area contributed by atoms with E-state index in [-0.39, 0.29) is 12.4 Å². The molecule has 11 nitrogen and oxygen atoms in total. The number of benzene rings is 1. The van der Waals surface area contributed by atoms with Crippen molar-refractivity contribution in [3.05, 3.63) is 39.2 Å². The van der Waals surface area contributed by atoms with Gasteiger partial charge in [0.2, 0.25) is 6.29 Å². The molecular weight excluding hydrogens is 434 g/mol. The number of esters is 3. The second kappa shape index (κ2) is 10.9. The van der Waals surface area contributed by atoms with Crippen LogP contribution in [0, 0.1) is 6.92 Å². The first kappa shape index (κ1) is 24.3. The minimum atomic E-state index is -1.29. The third-order valence-corrected chi connectivity index (χ3v) is 4.66. The molecule has 1 fully saturated rings. The molecule has 31 heavy (non-hydrogen) atoms. The lowest BCUT2D eigenvalue weighted by Gasteiger charge is -2.43. The van der Waals surface area contributed by atoms with Crippen molar-refractivity contribution in [2.75, 3.05) is 6.61 Å². The van der Waals surface area contributed by atoms with E-state index in [9.17, 15) is 14.4 Å². The molecule has 2 unspecified atom stereocenters. The molecule has 12 heteroatoms. The molecule has 0 amide bonds. The first-order chi connectivity index (χ1) is 14.6. The number of carbonyl (C=O) groups is 3. The van der Waals surface area contributed by atoms with E-state index in [1.165, 1.54) is 13.0 Å². The first-order valence-electron chi connectivity index (χ1n) is 9.22. The van der Waals surface area contributed by atoms with Gasteiger partial charge in [-0.05, 0) is 30.2 Å². The Morgan fingerprint density at radius 3 is 2.32 bits per heavy atom. The van der Waals surface area contributed by atoms with E-state index in [1.54, 1.807) is 19.1 Å². The van der Waals surface area contributed by atoms with Crippen LogP contribution in [0.3, 0.4) is 0 Å². The van der Waals surface area contributed by atoms with Gasteiger partial charge in [0.1, 0.15) is 30.6 Å². The van der Waals surface area contributed by atoms with Crippen LogP contribution < -0.4 is 4.74 Å². The maximum atomic E-state index is 11.7. The van der Waals surface area contributed by atoms with Crippen LogP contribution in [0.1, 0.15) is 26.3 Å². The number of hydrogen-bond donors (Lipinski definition) is 0. The van der Waals surface area contributed by atoms with Gasteiger partial charge < -0.3 is 23.7 Å². The van der Waals surface area contributed by atoms with Crippen LogP contribution in [0.4, 0.5) is 0 Å². The van der Waals surface area contributed by atoms with E-state index in [4.69, 9.17) is 40.8 Å². The van der Waals surface area contributed by atoms with Gasteiger partial charge in [-0.15, -0.1) is 0 Å². The van der Waals surface area contributed by atoms with E-state index < -0.39 is 48.6 Å². The van der Waals surface area contributed by atoms with Gasteiger partial charge >= 0.3 is 17.9 Å². The predicted molar refractivity (Wildman–Crippen MR) is 106 cm³/mol.